The van der Waals surface area contributed by atoms with Crippen LogP contribution in [0.25, 0.3) is 0 Å². The molecule has 18 atom stereocenters. The first-order valence-corrected chi connectivity index (χ1v) is 44.2. The quantitative estimate of drug-likeness (QED) is 0.0177. The zero-order chi connectivity index (χ0) is 95.5. The van der Waals surface area contributed by atoms with Crippen molar-refractivity contribution in [3.05, 3.63) is 29.8 Å². The van der Waals surface area contributed by atoms with Crippen molar-refractivity contribution in [2.24, 2.45) is 52.5 Å². The van der Waals surface area contributed by atoms with E-state index in [4.69, 9.17) is 41.9 Å². The lowest BCUT2D eigenvalue weighted by Crippen LogP contribution is -2.62. The predicted octanol–water partition coefficient (Wildman–Crippen LogP) is -0.0199. The molecular formula is C87H139N15O25. The van der Waals surface area contributed by atoms with Crippen LogP contribution in [0.1, 0.15) is 236 Å². The highest BCUT2D eigenvalue weighted by atomic mass is 16.6. The SMILES string of the molecule is CCCCCCC[C@@H](O)CC(=O)N[C@@H](CCC(N)=O)C(=O)N[C@@H](CCC(N)=O)C(=O)N[C@@H](CCC(N)=O)C(=O)N[C@@H](CCC(N)=O)C(=O)O[C@@H](C)C(=O)N1CCC[C@@H]1C(=O)N(C)[C@H](CC(C)C)C(=O)N[C@@H]1C(=O)N[C@@H]([C@@H](C)CC)[C@@H](O)CC(=O)O[C@@H](C(C)C)C(=O)[C@H](C)C(=O)N[C@@H](CC(C)C)C(=O)N2CCC[C@H]2C(=O)N(C)[C@@H](Cc2ccc(OC)cc2)C(=O)O[C@@H]1C. The van der Waals surface area contributed by atoms with E-state index in [2.05, 4.69) is 37.2 Å². The van der Waals surface area contributed by atoms with Crippen LogP contribution in [0.3, 0.4) is 0 Å². The van der Waals surface area contributed by atoms with Crippen LogP contribution < -0.4 is 64.9 Å². The second-order valence-corrected chi connectivity index (χ2v) is 34.7. The van der Waals surface area contributed by atoms with Crippen LogP contribution in [0.2, 0.25) is 0 Å². The molecule has 3 saturated heterocycles. The number of likely N-dealkylation sites (tertiary alicyclic amines) is 1. The number of hydrogen-bond donors (Lipinski definition) is 13. The molecule has 127 heavy (non-hydrogen) atoms. The number of likely N-dealkylation sites (N-methyl/N-ethyl adjacent to an activating group) is 2. The van der Waals surface area contributed by atoms with Crippen molar-refractivity contribution >= 4 is 112 Å². The van der Waals surface area contributed by atoms with Gasteiger partial charge in [0.15, 0.2) is 18.0 Å². The molecule has 0 unspecified atom stereocenters. The molecule has 0 bridgehead atoms. The highest BCUT2D eigenvalue weighted by Gasteiger charge is 2.48. The summed E-state index contributed by atoms with van der Waals surface area (Å²) in [7, 11) is 4.05. The third-order valence-corrected chi connectivity index (χ3v) is 23.1. The number of benzene rings is 1. The zero-order valence-electron chi connectivity index (χ0n) is 76.2. The number of fused-ring (bicyclic) bond motifs is 1. The fourth-order valence-corrected chi connectivity index (χ4v) is 15.4. The van der Waals surface area contributed by atoms with Crippen molar-refractivity contribution in [2.45, 2.75) is 334 Å². The molecule has 1 aromatic carbocycles. The van der Waals surface area contributed by atoms with Gasteiger partial charge < -0.3 is 109 Å². The van der Waals surface area contributed by atoms with Gasteiger partial charge in [0.05, 0.1) is 44.1 Å². The molecule has 3 heterocycles. The molecule has 712 valence electrons. The molecule has 40 nitrogen and oxygen atoms in total. The Bertz CT molecular complexity index is 3980. The van der Waals surface area contributed by atoms with Crippen molar-refractivity contribution in [1.82, 2.24) is 56.8 Å². The number of primary amides is 4. The van der Waals surface area contributed by atoms with E-state index in [9.17, 15) is 77.3 Å². The number of cyclic esters (lactones) is 2. The Balaban J connectivity index is 1.74. The Labute approximate surface area is 742 Å². The van der Waals surface area contributed by atoms with E-state index in [1.165, 1.54) is 40.0 Å². The number of hydrogen-bond acceptors (Lipinski definition) is 25. The maximum Gasteiger partial charge on any atom is 0.329 e. The highest BCUT2D eigenvalue weighted by Crippen LogP contribution is 2.29. The third kappa shape index (κ3) is 34.6. The molecule has 0 radical (unpaired) electrons. The van der Waals surface area contributed by atoms with Gasteiger partial charge in [-0.25, -0.2) is 9.59 Å². The van der Waals surface area contributed by atoms with Gasteiger partial charge in [0, 0.05) is 59.3 Å². The van der Waals surface area contributed by atoms with Crippen LogP contribution in [-0.2, 0) is 112 Å². The van der Waals surface area contributed by atoms with Crippen LogP contribution in [0.5, 0.6) is 5.75 Å². The largest absolute Gasteiger partial charge is 0.497 e. The van der Waals surface area contributed by atoms with E-state index in [1.54, 1.807) is 65.8 Å². The number of aliphatic hydroxyl groups excluding tert-OH is 2. The molecule has 15 amide bonds. The number of methoxy groups -OCH3 is 1. The smallest absolute Gasteiger partial charge is 0.329 e. The number of Topliss-reactive ketones (excluding diaryl/α,β-unsaturated/α-hetero) is 1. The summed E-state index contributed by atoms with van der Waals surface area (Å²) in [5, 5.41) is 40.4. The Kier molecular flexibility index (Phi) is 45.2. The summed E-state index contributed by atoms with van der Waals surface area (Å²) in [6, 6.07) is -10.7. The summed E-state index contributed by atoms with van der Waals surface area (Å²) in [4.78, 5) is 272. The van der Waals surface area contributed by atoms with E-state index < -0.39 is 297 Å². The number of carbonyl (C=O) groups is 19. The average molecular weight is 1800 g/mol. The summed E-state index contributed by atoms with van der Waals surface area (Å²) in [5.74, 6) is -21.7. The van der Waals surface area contributed by atoms with Gasteiger partial charge in [-0.15, -0.1) is 0 Å². The predicted molar refractivity (Wildman–Crippen MR) is 459 cm³/mol. The van der Waals surface area contributed by atoms with E-state index in [0.717, 1.165) is 47.3 Å². The first-order chi connectivity index (χ1) is 59.7. The lowest BCUT2D eigenvalue weighted by molar-refractivity contribution is -0.163. The van der Waals surface area contributed by atoms with Gasteiger partial charge in [0.2, 0.25) is 82.7 Å². The molecule has 0 aliphatic carbocycles. The van der Waals surface area contributed by atoms with E-state index in [1.807, 2.05) is 20.8 Å². The second kappa shape index (κ2) is 53.0. The topological polar surface area (TPSA) is 603 Å². The number of carbonyl (C=O) groups excluding carboxylic acids is 19. The molecule has 3 aliphatic rings. The summed E-state index contributed by atoms with van der Waals surface area (Å²) in [5.41, 5.74) is 22.3. The number of ketones is 1. The monoisotopic (exact) mass is 1790 g/mol. The van der Waals surface area contributed by atoms with E-state index in [-0.39, 0.29) is 70.4 Å². The fraction of sp³-hybridized carbons (Fsp3) is 0.713. The molecule has 4 rings (SSSR count). The van der Waals surface area contributed by atoms with Gasteiger partial charge >= 0.3 is 17.9 Å². The Hall–Kier alpha value is -10.9. The molecular weight excluding hydrogens is 1660 g/mol. The fourth-order valence-electron chi connectivity index (χ4n) is 15.4. The number of ether oxygens (including phenoxy) is 4. The van der Waals surface area contributed by atoms with Crippen molar-refractivity contribution in [3.8, 4) is 5.75 Å². The molecule has 40 heteroatoms. The maximum atomic E-state index is 15.5. The molecule has 3 aliphatic heterocycles. The second-order valence-electron chi connectivity index (χ2n) is 34.7. The van der Waals surface area contributed by atoms with Gasteiger partial charge in [-0.1, -0.05) is 113 Å². The molecule has 17 N–H and O–H groups in total. The maximum absolute atomic E-state index is 15.5. The Morgan fingerprint density at radius 1 is 0.646 bits per heavy atom. The van der Waals surface area contributed by atoms with Crippen LogP contribution in [0.15, 0.2) is 24.3 Å². The van der Waals surface area contributed by atoms with Gasteiger partial charge in [0.1, 0.15) is 72.3 Å². The van der Waals surface area contributed by atoms with E-state index >= 15 is 24.0 Å². The Morgan fingerprint density at radius 2 is 1.18 bits per heavy atom. The lowest BCUT2D eigenvalue weighted by Gasteiger charge is -2.36. The molecule has 0 aromatic heterocycles. The normalized spacial score (nSPS) is 22.6. The molecule has 0 saturated carbocycles. The van der Waals surface area contributed by atoms with Crippen molar-refractivity contribution in [2.75, 3.05) is 34.3 Å². The highest BCUT2D eigenvalue weighted by molar-refractivity contribution is 6.05. The molecule has 0 spiro atoms. The van der Waals surface area contributed by atoms with Crippen LogP contribution in [0, 0.1) is 29.6 Å². The summed E-state index contributed by atoms with van der Waals surface area (Å²) >= 11 is 0. The number of aliphatic hydroxyl groups is 2. The van der Waals surface area contributed by atoms with Crippen molar-refractivity contribution in [3.63, 3.8) is 0 Å². The minimum atomic E-state index is -1.95. The zero-order valence-corrected chi connectivity index (χ0v) is 76.2. The van der Waals surface area contributed by atoms with Gasteiger partial charge in [0.25, 0.3) is 5.91 Å². The van der Waals surface area contributed by atoms with Gasteiger partial charge in [-0.05, 0) is 133 Å². The van der Waals surface area contributed by atoms with Crippen LogP contribution >= 0.6 is 0 Å². The summed E-state index contributed by atoms with van der Waals surface area (Å²) in [6.07, 6.45) is -8.38. The number of esters is 3. The van der Waals surface area contributed by atoms with Crippen molar-refractivity contribution < 1.29 is 120 Å². The minimum absolute atomic E-state index is 0.0249. The number of nitrogens with one attached hydrogen (secondary N) is 7. The lowest BCUT2D eigenvalue weighted by atomic mass is 9.91. The number of nitrogens with two attached hydrogens (primary N) is 4. The standard InChI is InChI=1S/C87H139N15O25/c1-16-18-19-20-21-24-54(103)44-70(109)92-56(31-35-66(88)105)77(113)93-57(32-36-67(89)106)78(114)94-58(33-37-68(90)107)79(115)95-59(34-38-69(91)108)86(122)126-52(12)82(118)101-39-22-25-61(101)84(120)99(13)63(42-47(5)6)80(116)98-73-51(11)125-87(123)64(43-53-27-29-55(124-15)30-28-53)100(14)85(121)62-26-23-40-102(62)83(119)60(41-46(3)4)96-76(112)50(10)74(111)75(48(7)8)127-71(110)45-65(104)72(49(9)17-2)97-81(73)117/h27-30,46-52,54,56-65,72-73,75,103-104H,16-26,31-45H2,1-15H3,(H2,88,105)(H2,89,106)(H2,90,107)(H2,91,108)(H,92,109)(H,93,113)(H,94,114)(H,95,115)(H,96,112)(H,97,117)(H,98,116)/t49-,50-,51+,52-,54+,56-,57-,58-,59-,60-,61+,62-,63+,64-,65-,72-,73-,75-/m0/s1. The first-order valence-electron chi connectivity index (χ1n) is 44.2. The Morgan fingerprint density at radius 3 is 1.70 bits per heavy atom. The third-order valence-electron chi connectivity index (χ3n) is 23.1. The summed E-state index contributed by atoms with van der Waals surface area (Å²) < 4.78 is 23.0. The van der Waals surface area contributed by atoms with Crippen LogP contribution in [0.4, 0.5) is 0 Å². The summed E-state index contributed by atoms with van der Waals surface area (Å²) in [6.45, 7) is 19.2. The number of nitrogens with zero attached hydrogens (tertiary/aromatic N) is 4. The number of unbranched alkanes of at least 4 members (excludes halogenated alkanes) is 4. The average Bonchev–Trinajstić information content (AvgIpc) is 1.70. The number of rotatable bonds is 44. The van der Waals surface area contributed by atoms with Crippen LogP contribution in [-0.4, -0.2) is 273 Å². The van der Waals surface area contributed by atoms with E-state index in [0.29, 0.717) is 24.2 Å². The number of amides is 15. The molecule has 3 fully saturated rings. The van der Waals surface area contributed by atoms with Gasteiger partial charge in [-0.3, -0.25) is 81.5 Å². The van der Waals surface area contributed by atoms with Crippen molar-refractivity contribution in [1.29, 1.82) is 0 Å². The minimum Gasteiger partial charge on any atom is -0.497 e. The molecule has 1 aromatic rings. The van der Waals surface area contributed by atoms with Gasteiger partial charge in [-0.2, -0.15) is 0 Å². The first kappa shape index (κ1) is 108.